The van der Waals surface area contributed by atoms with E-state index in [9.17, 15) is 4.79 Å². The summed E-state index contributed by atoms with van der Waals surface area (Å²) in [5.41, 5.74) is 6.15. The number of carbonyl (C=O) groups is 1. The normalized spacial score (nSPS) is 11.9. The van der Waals surface area contributed by atoms with E-state index in [1.807, 2.05) is 11.8 Å². The maximum Gasteiger partial charge on any atom is 0.254 e. The Bertz CT molecular complexity index is 408. The molecule has 2 N–H and O–H groups in total. The number of amides is 1. The lowest BCUT2D eigenvalue weighted by Crippen LogP contribution is -2.40. The number of thiocarbonyl (C=S) groups is 1. The van der Waals surface area contributed by atoms with Crippen LogP contribution in [0.25, 0.3) is 0 Å². The van der Waals surface area contributed by atoms with E-state index in [4.69, 9.17) is 18.0 Å². The van der Waals surface area contributed by atoms with E-state index in [1.54, 1.807) is 24.5 Å². The average molecular weight is 265 g/mol. The molecule has 0 saturated heterocycles. The van der Waals surface area contributed by atoms with Crippen molar-refractivity contribution in [1.82, 2.24) is 9.88 Å². The van der Waals surface area contributed by atoms with Crippen molar-refractivity contribution in [1.29, 1.82) is 0 Å². The molecule has 0 aliphatic carbocycles. The van der Waals surface area contributed by atoms with Crippen LogP contribution in [-0.4, -0.2) is 33.4 Å². The topological polar surface area (TPSA) is 59.2 Å². The van der Waals surface area contributed by atoms with Gasteiger partial charge in [0.15, 0.2) is 0 Å². The van der Waals surface area contributed by atoms with Crippen molar-refractivity contribution in [3.05, 3.63) is 30.1 Å². The molecule has 0 bridgehead atoms. The standard InChI is InChI=1S/C13H19N3OS/c1-3-10(2)16(9-6-12(14)18)13(17)11-4-7-15-8-5-11/h4-5,7-8,10H,3,6,9H2,1-2H3,(H2,14,18). The van der Waals surface area contributed by atoms with Gasteiger partial charge in [-0.1, -0.05) is 19.1 Å². The minimum atomic E-state index is 0.00278. The van der Waals surface area contributed by atoms with Crippen molar-refractivity contribution in [2.45, 2.75) is 32.7 Å². The van der Waals surface area contributed by atoms with Gasteiger partial charge >= 0.3 is 0 Å². The maximum absolute atomic E-state index is 12.4. The summed E-state index contributed by atoms with van der Waals surface area (Å²) in [4.78, 5) is 18.5. The van der Waals surface area contributed by atoms with Crippen LogP contribution in [0.5, 0.6) is 0 Å². The SMILES string of the molecule is CCC(C)N(CCC(N)=S)C(=O)c1ccncc1. The number of hydrogen-bond acceptors (Lipinski definition) is 3. The van der Waals surface area contributed by atoms with Crippen LogP contribution in [0.2, 0.25) is 0 Å². The zero-order valence-corrected chi connectivity index (χ0v) is 11.6. The van der Waals surface area contributed by atoms with Crippen LogP contribution in [0.3, 0.4) is 0 Å². The molecule has 1 atom stereocenters. The summed E-state index contributed by atoms with van der Waals surface area (Å²) in [7, 11) is 0. The van der Waals surface area contributed by atoms with Gasteiger partial charge in [-0.15, -0.1) is 0 Å². The highest BCUT2D eigenvalue weighted by Gasteiger charge is 2.20. The Balaban J connectivity index is 2.82. The van der Waals surface area contributed by atoms with Crippen molar-refractivity contribution < 1.29 is 4.79 Å². The van der Waals surface area contributed by atoms with Gasteiger partial charge in [-0.05, 0) is 25.5 Å². The molecule has 5 heteroatoms. The van der Waals surface area contributed by atoms with Crippen LogP contribution in [-0.2, 0) is 0 Å². The smallest absolute Gasteiger partial charge is 0.254 e. The van der Waals surface area contributed by atoms with Crippen LogP contribution in [0.15, 0.2) is 24.5 Å². The second-order valence-electron chi connectivity index (χ2n) is 4.21. The van der Waals surface area contributed by atoms with Crippen LogP contribution in [0, 0.1) is 0 Å². The summed E-state index contributed by atoms with van der Waals surface area (Å²) >= 11 is 4.87. The first-order valence-corrected chi connectivity index (χ1v) is 6.46. The number of carbonyl (C=O) groups excluding carboxylic acids is 1. The Morgan fingerprint density at radius 1 is 1.50 bits per heavy atom. The van der Waals surface area contributed by atoms with E-state index in [-0.39, 0.29) is 11.9 Å². The van der Waals surface area contributed by atoms with Gasteiger partial charge in [0.25, 0.3) is 5.91 Å². The first-order chi connectivity index (χ1) is 8.56. The van der Waals surface area contributed by atoms with Crippen LogP contribution >= 0.6 is 12.2 Å². The predicted octanol–water partition coefficient (Wildman–Crippen LogP) is 2.00. The summed E-state index contributed by atoms with van der Waals surface area (Å²) in [6, 6.07) is 3.61. The Morgan fingerprint density at radius 3 is 2.61 bits per heavy atom. The molecule has 18 heavy (non-hydrogen) atoms. The molecule has 1 unspecified atom stereocenters. The van der Waals surface area contributed by atoms with Crippen molar-refractivity contribution in [3.63, 3.8) is 0 Å². The monoisotopic (exact) mass is 265 g/mol. The van der Waals surface area contributed by atoms with E-state index >= 15 is 0 Å². The molecule has 0 fully saturated rings. The summed E-state index contributed by atoms with van der Waals surface area (Å²) in [6.45, 7) is 4.64. The van der Waals surface area contributed by atoms with Gasteiger partial charge in [0, 0.05) is 37.0 Å². The summed E-state index contributed by atoms with van der Waals surface area (Å²) in [6.07, 6.45) is 4.69. The number of aromatic nitrogens is 1. The molecular weight excluding hydrogens is 246 g/mol. The molecule has 0 saturated carbocycles. The van der Waals surface area contributed by atoms with Crippen molar-refractivity contribution in [2.75, 3.05) is 6.54 Å². The lowest BCUT2D eigenvalue weighted by Gasteiger charge is -2.28. The zero-order chi connectivity index (χ0) is 13.5. The minimum absolute atomic E-state index is 0.00278. The van der Waals surface area contributed by atoms with E-state index in [0.717, 1.165) is 6.42 Å². The van der Waals surface area contributed by atoms with Gasteiger partial charge in [-0.25, -0.2) is 0 Å². The van der Waals surface area contributed by atoms with E-state index in [0.29, 0.717) is 23.5 Å². The Hall–Kier alpha value is -1.49. The first-order valence-electron chi connectivity index (χ1n) is 6.05. The highest BCUT2D eigenvalue weighted by Crippen LogP contribution is 2.11. The Morgan fingerprint density at radius 2 is 2.11 bits per heavy atom. The molecule has 1 aromatic rings. The fourth-order valence-corrected chi connectivity index (χ4v) is 1.72. The van der Waals surface area contributed by atoms with E-state index < -0.39 is 0 Å². The van der Waals surface area contributed by atoms with Crippen molar-refractivity contribution in [3.8, 4) is 0 Å². The Kier molecular flexibility index (Phi) is 5.71. The fraction of sp³-hybridized carbons (Fsp3) is 0.462. The molecule has 0 aliphatic heterocycles. The third-order valence-electron chi connectivity index (χ3n) is 2.91. The number of nitrogens with two attached hydrogens (primary N) is 1. The minimum Gasteiger partial charge on any atom is -0.393 e. The molecule has 0 radical (unpaired) electrons. The fourth-order valence-electron chi connectivity index (χ4n) is 1.63. The van der Waals surface area contributed by atoms with E-state index in [2.05, 4.69) is 11.9 Å². The van der Waals surface area contributed by atoms with Gasteiger partial charge in [-0.2, -0.15) is 0 Å². The first kappa shape index (κ1) is 14.6. The third kappa shape index (κ3) is 4.07. The Labute approximate surface area is 113 Å². The lowest BCUT2D eigenvalue weighted by atomic mass is 10.1. The van der Waals surface area contributed by atoms with Crippen LogP contribution in [0.4, 0.5) is 0 Å². The van der Waals surface area contributed by atoms with Crippen LogP contribution in [0.1, 0.15) is 37.0 Å². The average Bonchev–Trinajstić information content (AvgIpc) is 2.39. The third-order valence-corrected chi connectivity index (χ3v) is 3.11. The van der Waals surface area contributed by atoms with Gasteiger partial charge in [0.2, 0.25) is 0 Å². The van der Waals surface area contributed by atoms with Gasteiger partial charge in [-0.3, -0.25) is 9.78 Å². The zero-order valence-electron chi connectivity index (χ0n) is 10.8. The van der Waals surface area contributed by atoms with Gasteiger partial charge in [0.05, 0.1) is 4.99 Å². The quantitative estimate of drug-likeness (QED) is 0.799. The summed E-state index contributed by atoms with van der Waals surface area (Å²) in [5.74, 6) is 0.00278. The molecule has 1 heterocycles. The molecule has 98 valence electrons. The molecule has 1 rings (SSSR count). The molecular formula is C13H19N3OS. The summed E-state index contributed by atoms with van der Waals surface area (Å²) < 4.78 is 0. The molecule has 1 amide bonds. The predicted molar refractivity (Wildman–Crippen MR) is 76.4 cm³/mol. The molecule has 0 aromatic carbocycles. The van der Waals surface area contributed by atoms with Gasteiger partial charge in [0.1, 0.15) is 0 Å². The van der Waals surface area contributed by atoms with E-state index in [1.165, 1.54) is 0 Å². The molecule has 1 aromatic heterocycles. The lowest BCUT2D eigenvalue weighted by molar-refractivity contribution is 0.0694. The molecule has 0 spiro atoms. The highest BCUT2D eigenvalue weighted by molar-refractivity contribution is 7.80. The van der Waals surface area contributed by atoms with Gasteiger partial charge < -0.3 is 10.6 Å². The van der Waals surface area contributed by atoms with Crippen molar-refractivity contribution in [2.24, 2.45) is 5.73 Å². The second-order valence-corrected chi connectivity index (χ2v) is 4.73. The number of rotatable bonds is 6. The number of nitrogens with zero attached hydrogens (tertiary/aromatic N) is 2. The van der Waals surface area contributed by atoms with Crippen LogP contribution < -0.4 is 5.73 Å². The largest absolute Gasteiger partial charge is 0.393 e. The number of pyridine rings is 1. The molecule has 0 aliphatic rings. The maximum atomic E-state index is 12.4. The number of hydrogen-bond donors (Lipinski definition) is 1. The highest BCUT2D eigenvalue weighted by atomic mass is 32.1. The van der Waals surface area contributed by atoms with Crippen molar-refractivity contribution >= 4 is 23.1 Å². The summed E-state index contributed by atoms with van der Waals surface area (Å²) in [5, 5.41) is 0. The molecule has 4 nitrogen and oxygen atoms in total. The second kappa shape index (κ2) is 7.06.